The number of urea groups is 1. The van der Waals surface area contributed by atoms with E-state index in [-0.39, 0.29) is 11.4 Å². The van der Waals surface area contributed by atoms with Crippen LogP contribution in [0, 0.1) is 10.8 Å². The summed E-state index contributed by atoms with van der Waals surface area (Å²) in [7, 11) is 0. The maximum Gasteiger partial charge on any atom is 0.326 e. The zero-order valence-electron chi connectivity index (χ0n) is 12.6. The molecule has 0 unspecified atom stereocenters. The number of hydrogen-bond donors (Lipinski definition) is 2. The fourth-order valence-electron chi connectivity index (χ4n) is 2.18. The third-order valence-electron chi connectivity index (χ3n) is 3.78. The monoisotopic (exact) mass is 270 g/mol. The van der Waals surface area contributed by atoms with Crippen LogP contribution in [0.5, 0.6) is 0 Å². The maximum atomic E-state index is 12.1. The quantitative estimate of drug-likeness (QED) is 0.809. The van der Waals surface area contributed by atoms with Crippen molar-refractivity contribution < 1.29 is 14.7 Å². The molecule has 1 atom stereocenters. The summed E-state index contributed by atoms with van der Waals surface area (Å²) in [5.74, 6) is -0.988. The van der Waals surface area contributed by atoms with Crippen molar-refractivity contribution in [1.29, 1.82) is 0 Å². The average molecular weight is 270 g/mol. The molecular formula is C14H26N2O3. The number of nitrogens with one attached hydrogen (secondary N) is 1. The second kappa shape index (κ2) is 5.39. The zero-order chi connectivity index (χ0) is 14.8. The van der Waals surface area contributed by atoms with Gasteiger partial charge in [0.05, 0.1) is 0 Å². The predicted molar refractivity (Wildman–Crippen MR) is 74.0 cm³/mol. The number of piperidine rings is 1. The largest absolute Gasteiger partial charge is 0.480 e. The Kier molecular flexibility index (Phi) is 4.48. The topological polar surface area (TPSA) is 69.6 Å². The molecule has 1 saturated heterocycles. The summed E-state index contributed by atoms with van der Waals surface area (Å²) in [6.45, 7) is 11.2. The van der Waals surface area contributed by atoms with Crippen LogP contribution in [0.15, 0.2) is 0 Å². The molecule has 19 heavy (non-hydrogen) atoms. The van der Waals surface area contributed by atoms with Gasteiger partial charge in [-0.2, -0.15) is 0 Å². The minimum atomic E-state index is -0.988. The van der Waals surface area contributed by atoms with Gasteiger partial charge >= 0.3 is 12.0 Å². The Hall–Kier alpha value is -1.26. The summed E-state index contributed by atoms with van der Waals surface area (Å²) in [6, 6.07) is -1.13. The van der Waals surface area contributed by atoms with Gasteiger partial charge in [-0.05, 0) is 23.7 Å². The summed E-state index contributed by atoms with van der Waals surface area (Å²) >= 11 is 0. The molecule has 2 N–H and O–H groups in total. The van der Waals surface area contributed by atoms with Crippen LogP contribution in [-0.4, -0.2) is 41.1 Å². The van der Waals surface area contributed by atoms with Crippen LogP contribution in [0.4, 0.5) is 4.79 Å². The Morgan fingerprint density at radius 2 is 1.68 bits per heavy atom. The fraction of sp³-hybridized carbons (Fsp3) is 0.857. The third kappa shape index (κ3) is 4.40. The Labute approximate surface area is 115 Å². The van der Waals surface area contributed by atoms with Gasteiger partial charge in [0.1, 0.15) is 6.04 Å². The van der Waals surface area contributed by atoms with Gasteiger partial charge in [-0.25, -0.2) is 9.59 Å². The van der Waals surface area contributed by atoms with E-state index in [1.807, 2.05) is 20.8 Å². The highest BCUT2D eigenvalue weighted by atomic mass is 16.4. The first-order valence-electron chi connectivity index (χ1n) is 6.81. The predicted octanol–water partition coefficient (Wildman–Crippen LogP) is 2.32. The molecule has 0 saturated carbocycles. The minimum absolute atomic E-state index is 0.266. The molecule has 1 aliphatic heterocycles. The number of nitrogens with zero attached hydrogens (tertiary/aromatic N) is 1. The number of carboxylic acids is 1. The second-order valence-electron chi connectivity index (χ2n) is 7.24. The van der Waals surface area contributed by atoms with Crippen molar-refractivity contribution in [2.45, 2.75) is 53.5 Å². The van der Waals surface area contributed by atoms with E-state index in [2.05, 4.69) is 19.2 Å². The highest BCUT2D eigenvalue weighted by molar-refractivity contribution is 5.83. The molecule has 1 heterocycles. The van der Waals surface area contributed by atoms with Gasteiger partial charge in [0.2, 0.25) is 0 Å². The van der Waals surface area contributed by atoms with Gasteiger partial charge in [-0.15, -0.1) is 0 Å². The van der Waals surface area contributed by atoms with E-state index in [4.69, 9.17) is 0 Å². The summed E-state index contributed by atoms with van der Waals surface area (Å²) in [5.41, 5.74) is -0.233. The van der Waals surface area contributed by atoms with Crippen molar-refractivity contribution in [2.75, 3.05) is 13.1 Å². The average Bonchev–Trinajstić information content (AvgIpc) is 2.23. The van der Waals surface area contributed by atoms with Gasteiger partial charge in [0.15, 0.2) is 0 Å². The van der Waals surface area contributed by atoms with Gasteiger partial charge in [-0.3, -0.25) is 0 Å². The van der Waals surface area contributed by atoms with Gasteiger partial charge in [0, 0.05) is 13.1 Å². The number of aliphatic carboxylic acids is 1. The van der Waals surface area contributed by atoms with Crippen molar-refractivity contribution >= 4 is 12.0 Å². The minimum Gasteiger partial charge on any atom is -0.480 e. The first kappa shape index (κ1) is 15.8. The molecule has 0 radical (unpaired) electrons. The molecule has 1 rings (SSSR count). The molecular weight excluding hydrogens is 244 g/mol. The van der Waals surface area contributed by atoms with Crippen LogP contribution >= 0.6 is 0 Å². The number of likely N-dealkylation sites (tertiary alicyclic amines) is 1. The molecule has 5 heteroatoms. The molecule has 0 aromatic carbocycles. The standard InChI is InChI=1S/C14H26N2O3/c1-13(2,3)10(11(17)18)15-12(19)16-8-6-14(4,5)7-9-16/h10H,6-9H2,1-5H3,(H,15,19)(H,17,18)/t10-/m1/s1. The first-order valence-corrected chi connectivity index (χ1v) is 6.81. The molecule has 0 aromatic rings. The molecule has 1 aliphatic rings. The van der Waals surface area contributed by atoms with E-state index in [9.17, 15) is 14.7 Å². The zero-order valence-corrected chi connectivity index (χ0v) is 12.6. The van der Waals surface area contributed by atoms with Crippen LogP contribution in [0.3, 0.4) is 0 Å². The molecule has 0 aliphatic carbocycles. The number of carboxylic acid groups (broad SMARTS) is 1. The smallest absolute Gasteiger partial charge is 0.326 e. The van der Waals surface area contributed by atoms with Crippen molar-refractivity contribution in [3.05, 3.63) is 0 Å². The van der Waals surface area contributed by atoms with Crippen molar-refractivity contribution in [3.8, 4) is 0 Å². The molecule has 110 valence electrons. The van der Waals surface area contributed by atoms with Crippen molar-refractivity contribution in [1.82, 2.24) is 10.2 Å². The van der Waals surface area contributed by atoms with E-state index in [0.29, 0.717) is 13.1 Å². The normalized spacial score (nSPS) is 20.8. The van der Waals surface area contributed by atoms with Crippen molar-refractivity contribution in [2.24, 2.45) is 10.8 Å². The van der Waals surface area contributed by atoms with Crippen LogP contribution in [0.25, 0.3) is 0 Å². The first-order chi connectivity index (χ1) is 8.53. The van der Waals surface area contributed by atoms with E-state index >= 15 is 0 Å². The summed E-state index contributed by atoms with van der Waals surface area (Å²) in [4.78, 5) is 25.1. The lowest BCUT2D eigenvalue weighted by Crippen LogP contribution is -2.55. The molecule has 0 bridgehead atoms. The van der Waals surface area contributed by atoms with Crippen LogP contribution in [0.2, 0.25) is 0 Å². The van der Waals surface area contributed by atoms with Crippen LogP contribution in [0.1, 0.15) is 47.5 Å². The van der Waals surface area contributed by atoms with Gasteiger partial charge < -0.3 is 15.3 Å². The second-order valence-corrected chi connectivity index (χ2v) is 7.24. The SMILES string of the molecule is CC1(C)CCN(C(=O)N[C@H](C(=O)O)C(C)(C)C)CC1. The Morgan fingerprint density at radius 1 is 1.21 bits per heavy atom. The number of amides is 2. The van der Waals surface area contributed by atoms with E-state index in [0.717, 1.165) is 12.8 Å². The van der Waals surface area contributed by atoms with Gasteiger partial charge in [0.25, 0.3) is 0 Å². The van der Waals surface area contributed by atoms with Crippen LogP contribution in [-0.2, 0) is 4.79 Å². The number of carbonyl (C=O) groups excluding carboxylic acids is 1. The van der Waals surface area contributed by atoms with Crippen LogP contribution < -0.4 is 5.32 Å². The lowest BCUT2D eigenvalue weighted by Gasteiger charge is -2.38. The molecule has 5 nitrogen and oxygen atoms in total. The lowest BCUT2D eigenvalue weighted by molar-refractivity contribution is -0.142. The Bertz CT molecular complexity index is 348. The highest BCUT2D eigenvalue weighted by Gasteiger charge is 2.35. The number of carbonyl (C=O) groups is 2. The highest BCUT2D eigenvalue weighted by Crippen LogP contribution is 2.29. The van der Waals surface area contributed by atoms with Crippen molar-refractivity contribution in [3.63, 3.8) is 0 Å². The maximum absolute atomic E-state index is 12.1. The molecule has 2 amide bonds. The summed E-state index contributed by atoms with van der Waals surface area (Å²) in [5, 5.41) is 11.8. The van der Waals surface area contributed by atoms with E-state index in [1.54, 1.807) is 4.90 Å². The van der Waals surface area contributed by atoms with E-state index < -0.39 is 17.4 Å². The number of rotatable bonds is 2. The summed E-state index contributed by atoms with van der Waals surface area (Å²) in [6.07, 6.45) is 1.90. The Morgan fingerprint density at radius 3 is 2.05 bits per heavy atom. The van der Waals surface area contributed by atoms with E-state index in [1.165, 1.54) is 0 Å². The Balaban J connectivity index is 2.62. The fourth-order valence-corrected chi connectivity index (χ4v) is 2.18. The summed E-state index contributed by atoms with van der Waals surface area (Å²) < 4.78 is 0. The lowest BCUT2D eigenvalue weighted by atomic mass is 9.83. The molecule has 0 aromatic heterocycles. The molecule has 0 spiro atoms. The third-order valence-corrected chi connectivity index (χ3v) is 3.78. The number of hydrogen-bond acceptors (Lipinski definition) is 2. The van der Waals surface area contributed by atoms with Gasteiger partial charge in [-0.1, -0.05) is 34.6 Å². The molecule has 1 fully saturated rings.